The molecule has 0 N–H and O–H groups in total. The second-order valence-corrected chi connectivity index (χ2v) is 11.1. The number of carbonyl (C=O) groups is 1. The molecule has 2 heterocycles. The molecular formula is C20H26N2O4S3. The van der Waals surface area contributed by atoms with Crippen LogP contribution in [0.15, 0.2) is 34.5 Å². The summed E-state index contributed by atoms with van der Waals surface area (Å²) in [5.41, 5.74) is 2.24. The summed E-state index contributed by atoms with van der Waals surface area (Å²) in [4.78, 5) is 14.8. The molecular weight excluding hydrogens is 428 g/mol. The van der Waals surface area contributed by atoms with Crippen LogP contribution in [0.2, 0.25) is 0 Å². The summed E-state index contributed by atoms with van der Waals surface area (Å²) in [6.45, 7) is 5.68. The van der Waals surface area contributed by atoms with E-state index >= 15 is 0 Å². The number of hydrogen-bond donors (Lipinski definition) is 0. The van der Waals surface area contributed by atoms with Crippen LogP contribution in [0.1, 0.15) is 20.8 Å². The van der Waals surface area contributed by atoms with Gasteiger partial charge in [-0.2, -0.15) is 16.1 Å². The molecule has 6 nitrogen and oxygen atoms in total. The van der Waals surface area contributed by atoms with Crippen molar-refractivity contribution in [2.45, 2.75) is 18.7 Å². The highest BCUT2D eigenvalue weighted by Crippen LogP contribution is 2.28. The number of aryl methyl sites for hydroxylation is 2. The van der Waals surface area contributed by atoms with Gasteiger partial charge in [0.2, 0.25) is 10.0 Å². The van der Waals surface area contributed by atoms with Crippen LogP contribution in [-0.2, 0) is 10.0 Å². The molecule has 1 amide bonds. The first-order valence-corrected chi connectivity index (χ1v) is 12.9. The van der Waals surface area contributed by atoms with E-state index in [2.05, 4.69) is 6.07 Å². The third-order valence-corrected chi connectivity index (χ3v) is 8.56. The minimum Gasteiger partial charge on any atom is -0.492 e. The molecule has 1 aliphatic rings. The van der Waals surface area contributed by atoms with Gasteiger partial charge in [-0.3, -0.25) is 4.79 Å². The smallest absolute Gasteiger partial charge is 0.265 e. The summed E-state index contributed by atoms with van der Waals surface area (Å²) >= 11 is 2.91. The maximum atomic E-state index is 13.0. The van der Waals surface area contributed by atoms with Crippen LogP contribution in [0.5, 0.6) is 5.75 Å². The van der Waals surface area contributed by atoms with Gasteiger partial charge in [0.15, 0.2) is 0 Å². The van der Waals surface area contributed by atoms with E-state index in [0.717, 1.165) is 28.4 Å². The maximum Gasteiger partial charge on any atom is 0.265 e. The monoisotopic (exact) mass is 454 g/mol. The molecule has 0 radical (unpaired) electrons. The Hall–Kier alpha value is -1.55. The summed E-state index contributed by atoms with van der Waals surface area (Å²) in [7, 11) is -1.98. The molecule has 29 heavy (non-hydrogen) atoms. The fourth-order valence-corrected chi connectivity index (χ4v) is 7.14. The second kappa shape index (κ2) is 9.51. The third-order valence-electron chi connectivity index (χ3n) is 4.65. The third kappa shape index (κ3) is 5.33. The Morgan fingerprint density at radius 3 is 2.48 bits per heavy atom. The van der Waals surface area contributed by atoms with Crippen molar-refractivity contribution in [3.63, 3.8) is 0 Å². The lowest BCUT2D eigenvalue weighted by Crippen LogP contribution is -2.39. The predicted molar refractivity (Wildman–Crippen MR) is 119 cm³/mol. The normalized spacial score (nSPS) is 15.3. The van der Waals surface area contributed by atoms with Gasteiger partial charge >= 0.3 is 0 Å². The van der Waals surface area contributed by atoms with E-state index in [9.17, 15) is 13.2 Å². The van der Waals surface area contributed by atoms with Crippen LogP contribution < -0.4 is 4.74 Å². The standard InChI is InChI=1S/C20H26N2O4S3/c1-15-12-16(2)14-17(13-15)26-8-5-21(3)20(23)19-18(4-9-28-19)29(24,25)22-6-10-27-11-7-22/h4,9,12-14H,5-8,10-11H2,1-3H3. The highest BCUT2D eigenvalue weighted by Gasteiger charge is 2.32. The number of likely N-dealkylation sites (N-methyl/N-ethyl adjacent to an activating group) is 1. The fraction of sp³-hybridized carbons (Fsp3) is 0.450. The molecule has 2 aromatic rings. The Labute approximate surface area is 180 Å². The summed E-state index contributed by atoms with van der Waals surface area (Å²) in [5, 5.41) is 1.67. The van der Waals surface area contributed by atoms with E-state index in [-0.39, 0.29) is 15.7 Å². The SMILES string of the molecule is Cc1cc(C)cc(OCCN(C)C(=O)c2sccc2S(=O)(=O)N2CCSCC2)c1. The fourth-order valence-electron chi connectivity index (χ4n) is 3.17. The molecule has 1 fully saturated rings. The number of thiophene rings is 1. The van der Waals surface area contributed by atoms with Crippen LogP contribution in [0, 0.1) is 13.8 Å². The van der Waals surface area contributed by atoms with Crippen molar-refractivity contribution < 1.29 is 17.9 Å². The van der Waals surface area contributed by atoms with Crippen molar-refractivity contribution in [1.29, 1.82) is 0 Å². The van der Waals surface area contributed by atoms with Gasteiger partial charge in [-0.05, 0) is 48.6 Å². The first-order chi connectivity index (χ1) is 13.8. The zero-order valence-corrected chi connectivity index (χ0v) is 19.3. The minimum absolute atomic E-state index is 0.112. The van der Waals surface area contributed by atoms with Gasteiger partial charge < -0.3 is 9.64 Å². The van der Waals surface area contributed by atoms with E-state index in [1.54, 1.807) is 24.2 Å². The van der Waals surface area contributed by atoms with Crippen LogP contribution in [-0.4, -0.2) is 68.3 Å². The van der Waals surface area contributed by atoms with Gasteiger partial charge in [-0.25, -0.2) is 8.42 Å². The molecule has 158 valence electrons. The Kier molecular flexibility index (Phi) is 7.26. The Bertz CT molecular complexity index is 946. The van der Waals surface area contributed by atoms with Gasteiger partial charge in [0.25, 0.3) is 5.91 Å². The molecule has 9 heteroatoms. The number of nitrogens with zero attached hydrogens (tertiary/aromatic N) is 2. The van der Waals surface area contributed by atoms with Crippen LogP contribution >= 0.6 is 23.1 Å². The van der Waals surface area contributed by atoms with Crippen molar-refractivity contribution in [1.82, 2.24) is 9.21 Å². The molecule has 1 aromatic carbocycles. The topological polar surface area (TPSA) is 66.9 Å². The highest BCUT2D eigenvalue weighted by molar-refractivity contribution is 7.99. The van der Waals surface area contributed by atoms with E-state index in [1.165, 1.54) is 26.6 Å². The molecule has 3 rings (SSSR count). The number of thioether (sulfide) groups is 1. The predicted octanol–water partition coefficient (Wildman–Crippen LogP) is 3.25. The zero-order valence-electron chi connectivity index (χ0n) is 16.9. The second-order valence-electron chi connectivity index (χ2n) is 7.03. The molecule has 1 aromatic heterocycles. The van der Waals surface area contributed by atoms with Gasteiger partial charge in [-0.15, -0.1) is 11.3 Å². The number of ether oxygens (including phenoxy) is 1. The highest BCUT2D eigenvalue weighted by atomic mass is 32.2. The largest absolute Gasteiger partial charge is 0.492 e. The summed E-state index contributed by atoms with van der Waals surface area (Å²) in [6, 6.07) is 7.52. The van der Waals surface area contributed by atoms with E-state index in [4.69, 9.17) is 4.74 Å². The lowest BCUT2D eigenvalue weighted by molar-refractivity contribution is 0.0775. The molecule has 0 aliphatic carbocycles. The number of carbonyl (C=O) groups excluding carboxylic acids is 1. The first-order valence-electron chi connectivity index (χ1n) is 9.41. The number of amides is 1. The molecule has 0 bridgehead atoms. The quantitative estimate of drug-likeness (QED) is 0.642. The van der Waals surface area contributed by atoms with E-state index in [1.807, 2.05) is 26.0 Å². The van der Waals surface area contributed by atoms with Crippen LogP contribution in [0.3, 0.4) is 0 Å². The van der Waals surface area contributed by atoms with Crippen LogP contribution in [0.25, 0.3) is 0 Å². The molecule has 0 unspecified atom stereocenters. The first kappa shape index (κ1) is 22.1. The number of rotatable bonds is 7. The van der Waals surface area contributed by atoms with E-state index < -0.39 is 10.0 Å². The minimum atomic E-state index is -3.65. The number of sulfonamides is 1. The summed E-state index contributed by atoms with van der Waals surface area (Å²) in [5.74, 6) is 2.03. The molecule has 0 atom stereocenters. The Morgan fingerprint density at radius 2 is 1.83 bits per heavy atom. The van der Waals surface area contributed by atoms with Crippen molar-refractivity contribution in [3.8, 4) is 5.75 Å². The lowest BCUT2D eigenvalue weighted by Gasteiger charge is -2.26. The maximum absolute atomic E-state index is 13.0. The van der Waals surface area contributed by atoms with Gasteiger partial charge in [0.05, 0.1) is 6.54 Å². The summed E-state index contributed by atoms with van der Waals surface area (Å²) < 4.78 is 33.2. The van der Waals surface area contributed by atoms with Gasteiger partial charge in [-0.1, -0.05) is 6.07 Å². The van der Waals surface area contributed by atoms with Gasteiger partial charge in [0.1, 0.15) is 22.1 Å². The van der Waals surface area contributed by atoms with Crippen molar-refractivity contribution in [2.75, 3.05) is 44.8 Å². The van der Waals surface area contributed by atoms with Crippen molar-refractivity contribution in [3.05, 3.63) is 45.6 Å². The Morgan fingerprint density at radius 1 is 1.17 bits per heavy atom. The lowest BCUT2D eigenvalue weighted by atomic mass is 10.1. The average molecular weight is 455 g/mol. The van der Waals surface area contributed by atoms with Crippen molar-refractivity contribution in [2.24, 2.45) is 0 Å². The Balaban J connectivity index is 1.65. The number of benzene rings is 1. The average Bonchev–Trinajstić information content (AvgIpc) is 3.18. The van der Waals surface area contributed by atoms with E-state index in [0.29, 0.717) is 26.2 Å². The molecule has 1 saturated heterocycles. The molecule has 1 aliphatic heterocycles. The van der Waals surface area contributed by atoms with Gasteiger partial charge in [0, 0.05) is 31.6 Å². The summed E-state index contributed by atoms with van der Waals surface area (Å²) in [6.07, 6.45) is 0. The molecule has 0 saturated carbocycles. The number of hydrogen-bond acceptors (Lipinski definition) is 6. The van der Waals surface area contributed by atoms with Crippen molar-refractivity contribution >= 4 is 39.0 Å². The molecule has 0 spiro atoms. The zero-order chi connectivity index (χ0) is 21.0. The van der Waals surface area contributed by atoms with Crippen LogP contribution in [0.4, 0.5) is 0 Å².